The highest BCUT2D eigenvalue weighted by molar-refractivity contribution is 5.40. The molecule has 1 aromatic rings. The summed E-state index contributed by atoms with van der Waals surface area (Å²) in [6.45, 7) is 1.66. The quantitative estimate of drug-likeness (QED) is 0.826. The Kier molecular flexibility index (Phi) is 3.11. The first-order valence-electron chi connectivity index (χ1n) is 6.92. The van der Waals surface area contributed by atoms with Gasteiger partial charge in [-0.2, -0.15) is 5.26 Å². The number of nitrogens with zero attached hydrogens (tertiary/aromatic N) is 4. The molecule has 2 fully saturated rings. The van der Waals surface area contributed by atoms with Gasteiger partial charge in [-0.1, -0.05) is 12.8 Å². The van der Waals surface area contributed by atoms with Crippen molar-refractivity contribution in [2.45, 2.75) is 37.7 Å². The normalized spacial score (nSPS) is 30.5. The predicted molar refractivity (Wildman–Crippen MR) is 70.5 cm³/mol. The van der Waals surface area contributed by atoms with E-state index in [9.17, 15) is 5.11 Å². The Bertz CT molecular complexity index is 495. The molecular weight excluding hydrogens is 240 g/mol. The third-order valence-electron chi connectivity index (χ3n) is 4.52. The summed E-state index contributed by atoms with van der Waals surface area (Å²) in [6.07, 6.45) is 5.18. The number of hydrogen-bond acceptors (Lipinski definition) is 5. The van der Waals surface area contributed by atoms with E-state index in [0.29, 0.717) is 11.6 Å². The highest BCUT2D eigenvalue weighted by atomic mass is 16.3. The van der Waals surface area contributed by atoms with Gasteiger partial charge in [0.25, 0.3) is 0 Å². The molecule has 2 unspecified atom stereocenters. The first-order chi connectivity index (χ1) is 9.21. The lowest BCUT2D eigenvalue weighted by Crippen LogP contribution is -2.53. The number of hydrogen-bond donors (Lipinski definition) is 1. The first-order valence-corrected chi connectivity index (χ1v) is 6.92. The van der Waals surface area contributed by atoms with Crippen LogP contribution in [0.25, 0.3) is 0 Å². The van der Waals surface area contributed by atoms with Gasteiger partial charge in [-0.15, -0.1) is 10.2 Å². The lowest BCUT2D eigenvalue weighted by molar-refractivity contribution is -0.0613. The van der Waals surface area contributed by atoms with Crippen LogP contribution in [0.1, 0.15) is 37.8 Å². The van der Waals surface area contributed by atoms with Crippen LogP contribution in [0.4, 0.5) is 5.82 Å². The molecule has 0 bridgehead atoms. The molecule has 0 radical (unpaired) electrons. The van der Waals surface area contributed by atoms with E-state index < -0.39 is 5.60 Å². The second-order valence-electron chi connectivity index (χ2n) is 5.63. The van der Waals surface area contributed by atoms with E-state index in [1.54, 1.807) is 6.07 Å². The van der Waals surface area contributed by atoms with Gasteiger partial charge in [0.15, 0.2) is 11.5 Å². The van der Waals surface area contributed by atoms with Crippen molar-refractivity contribution < 1.29 is 5.11 Å². The number of rotatable bonds is 1. The molecule has 0 spiro atoms. The molecule has 2 aliphatic rings. The number of aromatic nitrogens is 2. The maximum atomic E-state index is 10.6. The Hall–Kier alpha value is -1.67. The number of piperidine rings is 1. The van der Waals surface area contributed by atoms with Gasteiger partial charge in [-0.05, 0) is 31.4 Å². The number of aliphatic hydroxyl groups is 1. The molecular formula is C14H18N4O. The topological polar surface area (TPSA) is 73.0 Å². The molecule has 1 aliphatic heterocycles. The van der Waals surface area contributed by atoms with Gasteiger partial charge in [0.05, 0.1) is 5.60 Å². The highest BCUT2D eigenvalue weighted by Crippen LogP contribution is 2.40. The van der Waals surface area contributed by atoms with E-state index in [4.69, 9.17) is 5.26 Å². The second-order valence-corrected chi connectivity index (χ2v) is 5.63. The van der Waals surface area contributed by atoms with Crippen molar-refractivity contribution in [3.8, 4) is 6.07 Å². The van der Waals surface area contributed by atoms with Gasteiger partial charge >= 0.3 is 0 Å². The Morgan fingerprint density at radius 1 is 1.32 bits per heavy atom. The molecule has 1 aliphatic carbocycles. The van der Waals surface area contributed by atoms with Gasteiger partial charge in [-0.25, -0.2) is 0 Å². The van der Waals surface area contributed by atoms with E-state index in [0.717, 1.165) is 44.6 Å². The first kappa shape index (κ1) is 12.4. The molecule has 2 heterocycles. The molecule has 1 saturated carbocycles. The molecule has 100 valence electrons. The summed E-state index contributed by atoms with van der Waals surface area (Å²) < 4.78 is 0. The van der Waals surface area contributed by atoms with Crippen molar-refractivity contribution in [1.82, 2.24) is 10.2 Å². The maximum Gasteiger partial charge on any atom is 0.163 e. The number of nitriles is 1. The van der Waals surface area contributed by atoms with Crippen LogP contribution < -0.4 is 4.90 Å². The van der Waals surface area contributed by atoms with Crippen molar-refractivity contribution in [2.24, 2.45) is 5.92 Å². The smallest absolute Gasteiger partial charge is 0.163 e. The third-order valence-corrected chi connectivity index (χ3v) is 4.52. The van der Waals surface area contributed by atoms with Crippen LogP contribution in [0.3, 0.4) is 0 Å². The van der Waals surface area contributed by atoms with Crippen LogP contribution in [0.2, 0.25) is 0 Å². The van der Waals surface area contributed by atoms with E-state index >= 15 is 0 Å². The minimum atomic E-state index is -0.464. The third kappa shape index (κ3) is 2.28. The monoisotopic (exact) mass is 258 g/mol. The second kappa shape index (κ2) is 4.78. The summed E-state index contributed by atoms with van der Waals surface area (Å²) in [5, 5.41) is 27.3. The van der Waals surface area contributed by atoms with Crippen molar-refractivity contribution in [3.05, 3.63) is 17.8 Å². The fourth-order valence-corrected chi connectivity index (χ4v) is 3.33. The summed E-state index contributed by atoms with van der Waals surface area (Å²) in [4.78, 5) is 2.18. The fourth-order valence-electron chi connectivity index (χ4n) is 3.33. The largest absolute Gasteiger partial charge is 0.389 e. The van der Waals surface area contributed by atoms with Gasteiger partial charge in [0, 0.05) is 19.0 Å². The zero-order valence-electron chi connectivity index (χ0n) is 10.9. The highest BCUT2D eigenvalue weighted by Gasteiger charge is 2.42. The van der Waals surface area contributed by atoms with Crippen LogP contribution >= 0.6 is 0 Å². The average molecular weight is 258 g/mol. The maximum absolute atomic E-state index is 10.6. The lowest BCUT2D eigenvalue weighted by Gasteiger charge is -2.47. The van der Waals surface area contributed by atoms with Crippen LogP contribution in [0.15, 0.2) is 12.1 Å². The molecule has 2 atom stereocenters. The van der Waals surface area contributed by atoms with Gasteiger partial charge in [0.2, 0.25) is 0 Å². The standard InChI is InChI=1S/C14H18N4O/c15-9-12-4-5-13(17-16-12)18-8-7-14(19)6-2-1-3-11(14)10-18/h4-5,11,19H,1-3,6-8,10H2. The molecule has 0 aromatic carbocycles. The molecule has 0 amide bonds. The van der Waals surface area contributed by atoms with E-state index in [1.807, 2.05) is 12.1 Å². The van der Waals surface area contributed by atoms with Crippen LogP contribution in [0.5, 0.6) is 0 Å². The summed E-state index contributed by atoms with van der Waals surface area (Å²) in [6, 6.07) is 5.52. The Labute approximate surface area is 112 Å². The zero-order chi connectivity index (χ0) is 13.3. The van der Waals surface area contributed by atoms with Gasteiger partial charge in [-0.3, -0.25) is 0 Å². The number of anilines is 1. The van der Waals surface area contributed by atoms with Gasteiger partial charge < -0.3 is 10.0 Å². The average Bonchev–Trinajstić information content (AvgIpc) is 2.46. The summed E-state index contributed by atoms with van der Waals surface area (Å²) in [5.74, 6) is 1.15. The predicted octanol–water partition coefficient (Wildman–Crippen LogP) is 1.48. The van der Waals surface area contributed by atoms with Gasteiger partial charge in [0.1, 0.15) is 6.07 Å². The van der Waals surface area contributed by atoms with Crippen molar-refractivity contribution in [1.29, 1.82) is 5.26 Å². The molecule has 5 nitrogen and oxygen atoms in total. The zero-order valence-corrected chi connectivity index (χ0v) is 10.9. The molecule has 1 aromatic heterocycles. The van der Waals surface area contributed by atoms with Crippen LogP contribution in [-0.4, -0.2) is 34.0 Å². The van der Waals surface area contributed by atoms with Crippen LogP contribution in [0, 0.1) is 17.2 Å². The minimum absolute atomic E-state index is 0.340. The molecule has 1 N–H and O–H groups in total. The van der Waals surface area contributed by atoms with E-state index in [2.05, 4.69) is 15.1 Å². The van der Waals surface area contributed by atoms with E-state index in [-0.39, 0.29) is 0 Å². The SMILES string of the molecule is N#Cc1ccc(N2CCC3(O)CCCCC3C2)nn1. The summed E-state index contributed by atoms with van der Waals surface area (Å²) >= 11 is 0. The Balaban J connectivity index is 1.75. The fraction of sp³-hybridized carbons (Fsp3) is 0.643. The summed E-state index contributed by atoms with van der Waals surface area (Å²) in [5.41, 5.74) is -0.121. The Morgan fingerprint density at radius 2 is 2.21 bits per heavy atom. The van der Waals surface area contributed by atoms with Crippen LogP contribution in [-0.2, 0) is 0 Å². The molecule has 5 heteroatoms. The molecule has 19 heavy (non-hydrogen) atoms. The van der Waals surface area contributed by atoms with E-state index in [1.165, 1.54) is 6.42 Å². The van der Waals surface area contributed by atoms with Crippen molar-refractivity contribution >= 4 is 5.82 Å². The summed E-state index contributed by atoms with van der Waals surface area (Å²) in [7, 11) is 0. The lowest BCUT2D eigenvalue weighted by atomic mass is 9.71. The van der Waals surface area contributed by atoms with Crippen molar-refractivity contribution in [3.63, 3.8) is 0 Å². The molecule has 1 saturated heterocycles. The minimum Gasteiger partial charge on any atom is -0.389 e. The molecule has 3 rings (SSSR count). The number of fused-ring (bicyclic) bond motifs is 1. The van der Waals surface area contributed by atoms with Crippen molar-refractivity contribution in [2.75, 3.05) is 18.0 Å². The Morgan fingerprint density at radius 3 is 2.95 bits per heavy atom.